The third-order valence-corrected chi connectivity index (χ3v) is 3.20. The Morgan fingerprint density at radius 1 is 1.62 bits per heavy atom. The van der Waals surface area contributed by atoms with Gasteiger partial charge in [0.25, 0.3) is 0 Å². The molecule has 0 radical (unpaired) electrons. The van der Waals surface area contributed by atoms with Gasteiger partial charge in [-0.25, -0.2) is 0 Å². The van der Waals surface area contributed by atoms with Gasteiger partial charge in [-0.2, -0.15) is 0 Å². The minimum atomic E-state index is 0.00171. The molecular weight excluding hydrogens is 222 g/mol. The fourth-order valence-corrected chi connectivity index (χ4v) is 2.15. The van der Waals surface area contributed by atoms with E-state index in [0.29, 0.717) is 11.4 Å². The molecule has 16 heavy (non-hydrogen) atoms. The quantitative estimate of drug-likeness (QED) is 0.696. The Labute approximate surface area is 103 Å². The molecule has 1 atom stereocenters. The van der Waals surface area contributed by atoms with Crippen molar-refractivity contribution in [3.05, 3.63) is 0 Å². The number of nitrogens with zero attached hydrogens (tertiary/aromatic N) is 1. The summed E-state index contributed by atoms with van der Waals surface area (Å²) in [5, 5.41) is 2.95. The maximum atomic E-state index is 11.8. The largest absolute Gasteiger partial charge is 0.393 e. The molecule has 1 aliphatic heterocycles. The standard InChI is InChI=1S/C11H21N3OS/c1-2-14(8-6-10(12)16)9-5-3-4-7-13-11(9)15/h9H,2-8H2,1H3,(H2,12,16)(H,13,15). The van der Waals surface area contributed by atoms with E-state index in [1.807, 2.05) is 0 Å². The number of hydrogen-bond acceptors (Lipinski definition) is 3. The highest BCUT2D eigenvalue weighted by Gasteiger charge is 2.25. The summed E-state index contributed by atoms with van der Waals surface area (Å²) in [6.07, 6.45) is 3.81. The van der Waals surface area contributed by atoms with Crippen LogP contribution >= 0.6 is 12.2 Å². The summed E-state index contributed by atoms with van der Waals surface area (Å²) in [6, 6.07) is 0.00171. The molecule has 0 aromatic heterocycles. The predicted molar refractivity (Wildman–Crippen MR) is 69.3 cm³/mol. The van der Waals surface area contributed by atoms with Crippen molar-refractivity contribution in [1.29, 1.82) is 0 Å². The molecule has 0 bridgehead atoms. The summed E-state index contributed by atoms with van der Waals surface area (Å²) >= 11 is 4.87. The summed E-state index contributed by atoms with van der Waals surface area (Å²) in [4.78, 5) is 14.5. The zero-order valence-corrected chi connectivity index (χ0v) is 10.7. The SMILES string of the molecule is CCN(CCC(N)=S)C1CCCCNC1=O. The third kappa shape index (κ3) is 4.06. The first-order valence-corrected chi connectivity index (χ1v) is 6.36. The second-order valence-corrected chi connectivity index (χ2v) is 4.67. The van der Waals surface area contributed by atoms with Crippen molar-refractivity contribution in [1.82, 2.24) is 10.2 Å². The van der Waals surface area contributed by atoms with Crippen LogP contribution in [0.2, 0.25) is 0 Å². The number of nitrogens with one attached hydrogen (secondary N) is 1. The topological polar surface area (TPSA) is 58.4 Å². The molecule has 0 aliphatic carbocycles. The fraction of sp³-hybridized carbons (Fsp3) is 0.818. The number of amides is 1. The minimum Gasteiger partial charge on any atom is -0.393 e. The minimum absolute atomic E-state index is 0.00171. The van der Waals surface area contributed by atoms with Crippen LogP contribution in [0.3, 0.4) is 0 Å². The first-order chi connectivity index (χ1) is 7.65. The first-order valence-electron chi connectivity index (χ1n) is 5.95. The lowest BCUT2D eigenvalue weighted by atomic mass is 10.1. The van der Waals surface area contributed by atoms with Crippen molar-refractivity contribution >= 4 is 23.1 Å². The maximum Gasteiger partial charge on any atom is 0.237 e. The van der Waals surface area contributed by atoms with E-state index in [4.69, 9.17) is 18.0 Å². The fourth-order valence-electron chi connectivity index (χ4n) is 2.06. The van der Waals surface area contributed by atoms with Crippen molar-refractivity contribution in [3.8, 4) is 0 Å². The van der Waals surface area contributed by atoms with Crippen LogP contribution in [0.15, 0.2) is 0 Å². The zero-order valence-electron chi connectivity index (χ0n) is 9.87. The molecule has 1 aliphatic rings. The average molecular weight is 243 g/mol. The summed E-state index contributed by atoms with van der Waals surface area (Å²) < 4.78 is 0. The number of carbonyl (C=O) groups excluding carboxylic acids is 1. The van der Waals surface area contributed by atoms with Crippen molar-refractivity contribution in [2.45, 2.75) is 38.6 Å². The van der Waals surface area contributed by atoms with Gasteiger partial charge in [0.2, 0.25) is 5.91 Å². The smallest absolute Gasteiger partial charge is 0.237 e. The number of likely N-dealkylation sites (N-methyl/N-ethyl adjacent to an activating group) is 1. The van der Waals surface area contributed by atoms with Gasteiger partial charge in [0, 0.05) is 19.5 Å². The van der Waals surface area contributed by atoms with E-state index in [9.17, 15) is 4.79 Å². The van der Waals surface area contributed by atoms with Gasteiger partial charge < -0.3 is 11.1 Å². The highest BCUT2D eigenvalue weighted by Crippen LogP contribution is 2.12. The Balaban J connectivity index is 2.54. The molecule has 1 saturated heterocycles. The Hall–Kier alpha value is -0.680. The predicted octanol–water partition coefficient (Wildman–Crippen LogP) is 0.653. The molecule has 1 heterocycles. The molecule has 0 aromatic rings. The molecule has 1 amide bonds. The van der Waals surface area contributed by atoms with Crippen molar-refractivity contribution < 1.29 is 4.79 Å². The van der Waals surface area contributed by atoms with Gasteiger partial charge in [-0.3, -0.25) is 9.69 Å². The number of rotatable bonds is 5. The van der Waals surface area contributed by atoms with Crippen LogP contribution in [0.1, 0.15) is 32.6 Å². The van der Waals surface area contributed by atoms with E-state index in [-0.39, 0.29) is 11.9 Å². The molecule has 0 spiro atoms. The zero-order chi connectivity index (χ0) is 12.0. The lowest BCUT2D eigenvalue weighted by molar-refractivity contribution is -0.126. The molecule has 4 nitrogen and oxygen atoms in total. The van der Waals surface area contributed by atoms with Gasteiger partial charge in [0.15, 0.2) is 0 Å². The Morgan fingerprint density at radius 3 is 3.00 bits per heavy atom. The average Bonchev–Trinajstić information content (AvgIpc) is 2.45. The van der Waals surface area contributed by atoms with Crippen molar-refractivity contribution in [3.63, 3.8) is 0 Å². The van der Waals surface area contributed by atoms with E-state index in [1.54, 1.807) is 0 Å². The first kappa shape index (κ1) is 13.4. The van der Waals surface area contributed by atoms with Crippen LogP contribution in [-0.4, -0.2) is 41.5 Å². The Bertz CT molecular complexity index is 258. The van der Waals surface area contributed by atoms with Crippen LogP contribution in [0.4, 0.5) is 0 Å². The molecule has 0 saturated carbocycles. The summed E-state index contributed by atoms with van der Waals surface area (Å²) in [5.74, 6) is 0.155. The lowest BCUT2D eigenvalue weighted by Gasteiger charge is -2.28. The van der Waals surface area contributed by atoms with Crippen LogP contribution in [-0.2, 0) is 4.79 Å². The molecule has 92 valence electrons. The molecule has 1 rings (SSSR count). The van der Waals surface area contributed by atoms with Crippen molar-refractivity contribution in [2.24, 2.45) is 5.73 Å². The highest BCUT2D eigenvalue weighted by atomic mass is 32.1. The number of nitrogens with two attached hydrogens (primary N) is 1. The molecule has 5 heteroatoms. The van der Waals surface area contributed by atoms with Gasteiger partial charge in [-0.15, -0.1) is 0 Å². The van der Waals surface area contributed by atoms with Gasteiger partial charge in [-0.1, -0.05) is 19.1 Å². The molecular formula is C11H21N3OS. The van der Waals surface area contributed by atoms with E-state index in [2.05, 4.69) is 17.1 Å². The van der Waals surface area contributed by atoms with E-state index >= 15 is 0 Å². The van der Waals surface area contributed by atoms with Crippen LogP contribution in [0, 0.1) is 0 Å². The van der Waals surface area contributed by atoms with Gasteiger partial charge in [-0.05, 0) is 25.8 Å². The van der Waals surface area contributed by atoms with Gasteiger partial charge >= 0.3 is 0 Å². The van der Waals surface area contributed by atoms with Crippen LogP contribution in [0.25, 0.3) is 0 Å². The lowest BCUT2D eigenvalue weighted by Crippen LogP contribution is -2.46. The molecule has 1 fully saturated rings. The maximum absolute atomic E-state index is 11.8. The summed E-state index contributed by atoms with van der Waals surface area (Å²) in [7, 11) is 0. The van der Waals surface area contributed by atoms with Gasteiger partial charge in [0.05, 0.1) is 11.0 Å². The molecule has 0 aromatic carbocycles. The number of carbonyl (C=O) groups is 1. The van der Waals surface area contributed by atoms with Gasteiger partial charge in [0.1, 0.15) is 0 Å². The normalized spacial score (nSPS) is 21.6. The van der Waals surface area contributed by atoms with Crippen LogP contribution < -0.4 is 11.1 Å². The second kappa shape index (κ2) is 6.81. The van der Waals surface area contributed by atoms with E-state index in [1.165, 1.54) is 0 Å². The number of hydrogen-bond donors (Lipinski definition) is 2. The summed E-state index contributed by atoms with van der Waals surface area (Å²) in [6.45, 7) is 4.52. The van der Waals surface area contributed by atoms with E-state index < -0.39 is 0 Å². The van der Waals surface area contributed by atoms with E-state index in [0.717, 1.165) is 38.9 Å². The van der Waals surface area contributed by atoms with Crippen LogP contribution in [0.5, 0.6) is 0 Å². The summed E-state index contributed by atoms with van der Waals surface area (Å²) in [5.41, 5.74) is 5.49. The Morgan fingerprint density at radius 2 is 2.38 bits per heavy atom. The second-order valence-electron chi connectivity index (χ2n) is 4.15. The van der Waals surface area contributed by atoms with Crippen molar-refractivity contribution in [2.75, 3.05) is 19.6 Å². The molecule has 3 N–H and O–H groups in total. The highest BCUT2D eigenvalue weighted by molar-refractivity contribution is 7.80. The number of thiocarbonyl (C=S) groups is 1. The third-order valence-electron chi connectivity index (χ3n) is 3.00. The monoisotopic (exact) mass is 243 g/mol. The Kier molecular flexibility index (Phi) is 5.69. The molecule has 1 unspecified atom stereocenters.